The Morgan fingerprint density at radius 2 is 1.92 bits per heavy atom. The average molecular weight is 375 g/mol. The molecule has 0 aliphatic heterocycles. The lowest BCUT2D eigenvalue weighted by Crippen LogP contribution is -2.38. The van der Waals surface area contributed by atoms with Gasteiger partial charge in [0.2, 0.25) is 0 Å². The van der Waals surface area contributed by atoms with Crippen molar-refractivity contribution in [2.75, 3.05) is 0 Å². The first kappa shape index (κ1) is 17.4. The number of aromatic hydroxyl groups is 1. The van der Waals surface area contributed by atoms with Gasteiger partial charge in [-0.15, -0.1) is 11.3 Å². The van der Waals surface area contributed by atoms with Crippen LogP contribution in [0, 0.1) is 0 Å². The standard InChI is InChI=1S/C16H13N3O6S/c1-18-14-9(5-11(26-14)12(17)21)13(22)19(16(18)25)6-7-2-3-8(15(23)24)10(20)4-7/h2-5,20H,6H2,1H3,(H2,17,21)(H,23,24). The van der Waals surface area contributed by atoms with Crippen LogP contribution in [-0.4, -0.2) is 31.2 Å². The number of hydrogen-bond acceptors (Lipinski definition) is 6. The summed E-state index contributed by atoms with van der Waals surface area (Å²) in [7, 11) is 1.47. The first-order chi connectivity index (χ1) is 12.2. The number of thiophene rings is 1. The molecule has 0 aliphatic rings. The monoisotopic (exact) mass is 375 g/mol. The van der Waals surface area contributed by atoms with Crippen LogP contribution in [0.25, 0.3) is 10.2 Å². The maximum Gasteiger partial charge on any atom is 0.339 e. The first-order valence-electron chi connectivity index (χ1n) is 7.29. The second-order valence-electron chi connectivity index (χ2n) is 5.58. The summed E-state index contributed by atoms with van der Waals surface area (Å²) in [6.45, 7) is -0.170. The van der Waals surface area contributed by atoms with Gasteiger partial charge in [0.15, 0.2) is 0 Å². The van der Waals surface area contributed by atoms with Gasteiger partial charge in [0.25, 0.3) is 11.5 Å². The lowest BCUT2D eigenvalue weighted by Gasteiger charge is -2.09. The van der Waals surface area contributed by atoms with Gasteiger partial charge >= 0.3 is 11.7 Å². The van der Waals surface area contributed by atoms with E-state index in [2.05, 4.69) is 0 Å². The number of amides is 1. The Balaban J connectivity index is 2.15. The zero-order chi connectivity index (χ0) is 19.2. The van der Waals surface area contributed by atoms with Crippen molar-refractivity contribution in [2.24, 2.45) is 12.8 Å². The molecule has 9 nitrogen and oxygen atoms in total. The Bertz CT molecular complexity index is 1190. The van der Waals surface area contributed by atoms with E-state index in [1.54, 1.807) is 0 Å². The number of carboxylic acid groups (broad SMARTS) is 1. The van der Waals surface area contributed by atoms with Crippen molar-refractivity contribution in [3.63, 3.8) is 0 Å². The van der Waals surface area contributed by atoms with E-state index in [4.69, 9.17) is 10.8 Å². The van der Waals surface area contributed by atoms with Gasteiger partial charge in [-0.2, -0.15) is 0 Å². The van der Waals surface area contributed by atoms with Crippen LogP contribution in [0.5, 0.6) is 5.75 Å². The Morgan fingerprint density at radius 3 is 2.50 bits per heavy atom. The summed E-state index contributed by atoms with van der Waals surface area (Å²) in [4.78, 5) is 47.9. The highest BCUT2D eigenvalue weighted by atomic mass is 32.1. The van der Waals surface area contributed by atoms with Crippen molar-refractivity contribution in [2.45, 2.75) is 6.54 Å². The molecule has 0 radical (unpaired) electrons. The van der Waals surface area contributed by atoms with Crippen molar-refractivity contribution < 1.29 is 19.8 Å². The number of aromatic carboxylic acids is 1. The van der Waals surface area contributed by atoms with Gasteiger partial charge in [0.1, 0.15) is 16.1 Å². The number of benzene rings is 1. The normalized spacial score (nSPS) is 11.0. The fourth-order valence-corrected chi connectivity index (χ4v) is 3.54. The Labute approximate surface area is 149 Å². The number of carboxylic acids is 1. The maximum atomic E-state index is 12.6. The topological polar surface area (TPSA) is 145 Å². The lowest BCUT2D eigenvalue weighted by molar-refractivity contribution is 0.0693. The van der Waals surface area contributed by atoms with Crippen LogP contribution in [0.15, 0.2) is 33.9 Å². The van der Waals surface area contributed by atoms with Crippen LogP contribution in [-0.2, 0) is 13.6 Å². The van der Waals surface area contributed by atoms with E-state index in [9.17, 15) is 24.3 Å². The van der Waals surface area contributed by atoms with E-state index in [0.717, 1.165) is 15.9 Å². The number of primary amides is 1. The first-order valence-corrected chi connectivity index (χ1v) is 8.10. The molecule has 0 unspecified atom stereocenters. The Hall–Kier alpha value is -3.40. The summed E-state index contributed by atoms with van der Waals surface area (Å²) >= 11 is 0.953. The average Bonchev–Trinajstić information content (AvgIpc) is 3.02. The Kier molecular flexibility index (Phi) is 4.12. The number of phenols is 1. The predicted octanol–water partition coefficient (Wildman–Crippen LogP) is 0.313. The molecule has 0 saturated carbocycles. The summed E-state index contributed by atoms with van der Waals surface area (Å²) in [5.41, 5.74) is 4.11. The fraction of sp³-hybridized carbons (Fsp3) is 0.125. The van der Waals surface area contributed by atoms with Gasteiger partial charge < -0.3 is 15.9 Å². The number of carbonyl (C=O) groups excluding carboxylic acids is 1. The third-order valence-corrected chi connectivity index (χ3v) is 5.11. The molecule has 3 aromatic rings. The van der Waals surface area contributed by atoms with Crippen molar-refractivity contribution in [3.8, 4) is 5.75 Å². The molecule has 10 heteroatoms. The van der Waals surface area contributed by atoms with Gasteiger partial charge in [-0.3, -0.25) is 18.7 Å². The highest BCUT2D eigenvalue weighted by Crippen LogP contribution is 2.22. The number of nitrogens with zero attached hydrogens (tertiary/aromatic N) is 2. The largest absolute Gasteiger partial charge is 0.507 e. The summed E-state index contributed by atoms with van der Waals surface area (Å²) in [6, 6.07) is 5.12. The highest BCUT2D eigenvalue weighted by molar-refractivity contribution is 7.20. The number of aryl methyl sites for hydroxylation is 1. The summed E-state index contributed by atoms with van der Waals surface area (Å²) in [5.74, 6) is -2.45. The maximum absolute atomic E-state index is 12.6. The number of carbonyl (C=O) groups is 2. The minimum atomic E-state index is -1.29. The molecule has 2 heterocycles. The second-order valence-corrected chi connectivity index (χ2v) is 6.61. The van der Waals surface area contributed by atoms with Crippen molar-refractivity contribution in [3.05, 3.63) is 61.1 Å². The zero-order valence-corrected chi connectivity index (χ0v) is 14.2. The minimum absolute atomic E-state index is 0.160. The molecular formula is C16H13N3O6S. The van der Waals surface area contributed by atoms with Gasteiger partial charge in [-0.25, -0.2) is 9.59 Å². The van der Waals surface area contributed by atoms with Crippen LogP contribution in [0.1, 0.15) is 25.6 Å². The molecule has 0 atom stereocenters. The third-order valence-electron chi connectivity index (χ3n) is 3.89. The van der Waals surface area contributed by atoms with Crippen LogP contribution in [0.3, 0.4) is 0 Å². The molecule has 0 spiro atoms. The summed E-state index contributed by atoms with van der Waals surface area (Å²) in [5, 5.41) is 18.9. The molecule has 0 aliphatic carbocycles. The zero-order valence-electron chi connectivity index (χ0n) is 13.4. The number of nitrogens with two attached hydrogens (primary N) is 1. The van der Waals surface area contributed by atoms with E-state index in [1.165, 1.54) is 35.9 Å². The molecule has 3 rings (SSSR count). The molecule has 134 valence electrons. The minimum Gasteiger partial charge on any atom is -0.507 e. The van der Waals surface area contributed by atoms with E-state index in [1.807, 2.05) is 0 Å². The number of rotatable bonds is 4. The van der Waals surface area contributed by atoms with Gasteiger partial charge in [-0.05, 0) is 23.8 Å². The highest BCUT2D eigenvalue weighted by Gasteiger charge is 2.17. The third kappa shape index (κ3) is 2.75. The van der Waals surface area contributed by atoms with E-state index >= 15 is 0 Å². The van der Waals surface area contributed by atoms with E-state index in [0.29, 0.717) is 10.4 Å². The van der Waals surface area contributed by atoms with Gasteiger partial charge in [0, 0.05) is 7.05 Å². The molecular weight excluding hydrogens is 362 g/mol. The molecule has 1 amide bonds. The molecule has 1 aromatic carbocycles. The van der Waals surface area contributed by atoms with Crippen LogP contribution in [0.2, 0.25) is 0 Å². The molecule has 26 heavy (non-hydrogen) atoms. The molecule has 0 bridgehead atoms. The van der Waals surface area contributed by atoms with Gasteiger partial charge in [0.05, 0.1) is 16.8 Å². The molecule has 4 N–H and O–H groups in total. The smallest absolute Gasteiger partial charge is 0.339 e. The Morgan fingerprint density at radius 1 is 1.23 bits per heavy atom. The van der Waals surface area contributed by atoms with Crippen molar-refractivity contribution in [1.29, 1.82) is 0 Å². The lowest BCUT2D eigenvalue weighted by atomic mass is 10.1. The van der Waals surface area contributed by atoms with Crippen LogP contribution in [0.4, 0.5) is 0 Å². The number of fused-ring (bicyclic) bond motifs is 1. The fourth-order valence-electron chi connectivity index (χ4n) is 2.58. The van der Waals surface area contributed by atoms with Crippen LogP contribution < -0.4 is 17.0 Å². The van der Waals surface area contributed by atoms with E-state index in [-0.39, 0.29) is 22.4 Å². The quantitative estimate of drug-likeness (QED) is 0.598. The number of aromatic nitrogens is 2. The van der Waals surface area contributed by atoms with Crippen LogP contribution >= 0.6 is 11.3 Å². The summed E-state index contributed by atoms with van der Waals surface area (Å²) < 4.78 is 2.17. The van der Waals surface area contributed by atoms with Crippen molar-refractivity contribution in [1.82, 2.24) is 9.13 Å². The SMILES string of the molecule is Cn1c(=O)n(Cc2ccc(C(=O)O)c(O)c2)c(=O)c2cc(C(N)=O)sc21. The van der Waals surface area contributed by atoms with E-state index < -0.39 is 28.9 Å². The summed E-state index contributed by atoms with van der Waals surface area (Å²) in [6.07, 6.45) is 0. The van der Waals surface area contributed by atoms with Gasteiger partial charge in [-0.1, -0.05) is 6.07 Å². The molecule has 0 fully saturated rings. The van der Waals surface area contributed by atoms with Crippen molar-refractivity contribution >= 4 is 33.4 Å². The predicted molar refractivity (Wildman–Crippen MR) is 94.0 cm³/mol. The number of hydrogen-bond donors (Lipinski definition) is 3. The second kappa shape index (κ2) is 6.15. The molecule has 0 saturated heterocycles. The molecule has 2 aromatic heterocycles.